The number of rotatable bonds is 4. The van der Waals surface area contributed by atoms with Crippen molar-refractivity contribution in [2.45, 2.75) is 44.0 Å². The molecule has 1 aromatic heterocycles. The molecule has 7 nitrogen and oxygen atoms in total. The molecule has 0 unspecified atom stereocenters. The van der Waals surface area contributed by atoms with Crippen LogP contribution in [0.5, 0.6) is 0 Å². The first-order chi connectivity index (χ1) is 9.22. The summed E-state index contributed by atoms with van der Waals surface area (Å²) in [6, 6.07) is -0.319. The average molecular weight is 301 g/mol. The van der Waals surface area contributed by atoms with E-state index in [0.717, 1.165) is 0 Å². The number of nitrogens with zero attached hydrogens (tertiary/aromatic N) is 2. The molecule has 2 rings (SSSR count). The van der Waals surface area contributed by atoms with Gasteiger partial charge in [0.1, 0.15) is 4.90 Å². The van der Waals surface area contributed by atoms with E-state index in [0.29, 0.717) is 30.7 Å². The van der Waals surface area contributed by atoms with Crippen molar-refractivity contribution in [1.29, 1.82) is 0 Å². The minimum Gasteiger partial charge on any atom is -0.481 e. The summed E-state index contributed by atoms with van der Waals surface area (Å²) < 4.78 is 28.9. The zero-order chi connectivity index (χ0) is 15.1. The highest BCUT2D eigenvalue weighted by Crippen LogP contribution is 2.28. The molecule has 2 N–H and O–H groups in total. The smallest absolute Gasteiger partial charge is 0.306 e. The highest BCUT2D eigenvalue weighted by molar-refractivity contribution is 7.89. The largest absolute Gasteiger partial charge is 0.481 e. The molecule has 1 aliphatic rings. The van der Waals surface area contributed by atoms with E-state index in [1.165, 1.54) is 4.68 Å². The number of nitrogens with one attached hydrogen (secondary N) is 1. The van der Waals surface area contributed by atoms with E-state index >= 15 is 0 Å². The molecule has 0 saturated heterocycles. The first kappa shape index (κ1) is 15.0. The van der Waals surface area contributed by atoms with Gasteiger partial charge in [-0.05, 0) is 33.1 Å². The molecular weight excluding hydrogens is 282 g/mol. The van der Waals surface area contributed by atoms with Crippen LogP contribution >= 0.6 is 0 Å². The molecule has 1 fully saturated rings. The maximum atomic E-state index is 12.4. The molecule has 1 saturated carbocycles. The monoisotopic (exact) mass is 301 g/mol. The van der Waals surface area contributed by atoms with Gasteiger partial charge in [-0.3, -0.25) is 9.48 Å². The number of hydrogen-bond donors (Lipinski definition) is 2. The summed E-state index contributed by atoms with van der Waals surface area (Å²) in [5.41, 5.74) is 1.02. The number of aromatic nitrogens is 2. The van der Waals surface area contributed by atoms with Crippen molar-refractivity contribution in [1.82, 2.24) is 14.5 Å². The molecule has 1 heterocycles. The lowest BCUT2D eigenvalue weighted by Gasteiger charge is -2.13. The third-order valence-electron chi connectivity index (χ3n) is 3.82. The van der Waals surface area contributed by atoms with Crippen LogP contribution in [0, 0.1) is 19.8 Å². The van der Waals surface area contributed by atoms with E-state index in [4.69, 9.17) is 5.11 Å². The van der Waals surface area contributed by atoms with E-state index in [-0.39, 0.29) is 10.9 Å². The van der Waals surface area contributed by atoms with Gasteiger partial charge in [-0.15, -0.1) is 0 Å². The first-order valence-corrected chi connectivity index (χ1v) is 7.96. The van der Waals surface area contributed by atoms with Gasteiger partial charge in [0, 0.05) is 13.1 Å². The van der Waals surface area contributed by atoms with Gasteiger partial charge >= 0.3 is 5.97 Å². The molecule has 2 atom stereocenters. The first-order valence-electron chi connectivity index (χ1n) is 6.47. The molecule has 8 heteroatoms. The van der Waals surface area contributed by atoms with Gasteiger partial charge < -0.3 is 5.11 Å². The second-order valence-corrected chi connectivity index (χ2v) is 6.94. The highest BCUT2D eigenvalue weighted by Gasteiger charge is 2.34. The predicted octanol–water partition coefficient (Wildman–Crippen LogP) is 0.569. The van der Waals surface area contributed by atoms with Gasteiger partial charge in [-0.2, -0.15) is 5.10 Å². The standard InChI is InChI=1S/C12H19N3O4S/c1-7-11(8(2)15(3)13-7)20(18,19)14-10-5-4-9(6-10)12(16)17/h9-10,14H,4-6H2,1-3H3,(H,16,17)/t9-,10+/m1/s1. The van der Waals surface area contributed by atoms with Crippen molar-refractivity contribution in [3.05, 3.63) is 11.4 Å². The fourth-order valence-electron chi connectivity index (χ4n) is 2.73. The van der Waals surface area contributed by atoms with Crippen molar-refractivity contribution < 1.29 is 18.3 Å². The van der Waals surface area contributed by atoms with Gasteiger partial charge in [-0.25, -0.2) is 13.1 Å². The molecule has 0 amide bonds. The predicted molar refractivity (Wildman–Crippen MR) is 71.8 cm³/mol. The van der Waals surface area contributed by atoms with Crippen LogP contribution in [0.3, 0.4) is 0 Å². The van der Waals surface area contributed by atoms with Crippen molar-refractivity contribution in [2.24, 2.45) is 13.0 Å². The zero-order valence-electron chi connectivity index (χ0n) is 11.8. The third kappa shape index (κ3) is 2.71. The molecule has 1 aliphatic carbocycles. The Morgan fingerprint density at radius 1 is 1.40 bits per heavy atom. The molecule has 0 radical (unpaired) electrons. The Morgan fingerprint density at radius 2 is 2.05 bits per heavy atom. The van der Waals surface area contributed by atoms with E-state index in [1.54, 1.807) is 20.9 Å². The van der Waals surface area contributed by atoms with Crippen LogP contribution in [0.1, 0.15) is 30.7 Å². The highest BCUT2D eigenvalue weighted by atomic mass is 32.2. The summed E-state index contributed by atoms with van der Waals surface area (Å²) >= 11 is 0. The minimum absolute atomic E-state index is 0.193. The van der Waals surface area contributed by atoms with Gasteiger partial charge in [0.2, 0.25) is 10.0 Å². The van der Waals surface area contributed by atoms with Crippen molar-refractivity contribution >= 4 is 16.0 Å². The third-order valence-corrected chi connectivity index (χ3v) is 5.59. The average Bonchev–Trinajstić information content (AvgIpc) is 2.84. The van der Waals surface area contributed by atoms with Crippen LogP contribution in [0.25, 0.3) is 0 Å². The zero-order valence-corrected chi connectivity index (χ0v) is 12.6. The molecule has 1 aromatic rings. The molecule has 0 bridgehead atoms. The van der Waals surface area contributed by atoms with Crippen LogP contribution in [-0.2, 0) is 21.9 Å². The van der Waals surface area contributed by atoms with Gasteiger partial charge in [0.25, 0.3) is 0 Å². The summed E-state index contributed by atoms with van der Waals surface area (Å²) in [6.07, 6.45) is 1.40. The lowest BCUT2D eigenvalue weighted by Crippen LogP contribution is -2.34. The quantitative estimate of drug-likeness (QED) is 0.846. The van der Waals surface area contributed by atoms with Crippen LogP contribution in [0.15, 0.2) is 4.90 Å². The van der Waals surface area contributed by atoms with E-state index < -0.39 is 21.9 Å². The van der Waals surface area contributed by atoms with Crippen molar-refractivity contribution in [3.63, 3.8) is 0 Å². The Bertz CT molecular complexity index is 635. The number of aliphatic carboxylic acids is 1. The maximum absolute atomic E-state index is 12.4. The lowest BCUT2D eigenvalue weighted by atomic mass is 10.1. The van der Waals surface area contributed by atoms with E-state index in [2.05, 4.69) is 9.82 Å². The Kier molecular flexibility index (Phi) is 3.88. The number of hydrogen-bond acceptors (Lipinski definition) is 4. The topological polar surface area (TPSA) is 101 Å². The second kappa shape index (κ2) is 5.17. The maximum Gasteiger partial charge on any atom is 0.306 e. The Hall–Kier alpha value is -1.41. The van der Waals surface area contributed by atoms with Gasteiger partial charge in [0.05, 0.1) is 17.3 Å². The summed E-state index contributed by atoms with van der Waals surface area (Å²) in [7, 11) is -1.97. The van der Waals surface area contributed by atoms with Crippen molar-refractivity contribution in [3.8, 4) is 0 Å². The summed E-state index contributed by atoms with van der Waals surface area (Å²) in [5.74, 6) is -1.32. The molecule has 0 aromatic carbocycles. The minimum atomic E-state index is -3.66. The molecule has 112 valence electrons. The van der Waals surface area contributed by atoms with Crippen LogP contribution in [0.2, 0.25) is 0 Å². The van der Waals surface area contributed by atoms with Crippen LogP contribution < -0.4 is 4.72 Å². The molecule has 20 heavy (non-hydrogen) atoms. The van der Waals surface area contributed by atoms with Crippen molar-refractivity contribution in [2.75, 3.05) is 0 Å². The Morgan fingerprint density at radius 3 is 2.50 bits per heavy atom. The Labute approximate surface area is 118 Å². The number of carboxylic acids is 1. The summed E-state index contributed by atoms with van der Waals surface area (Å²) in [4.78, 5) is 11.1. The molecular formula is C12H19N3O4S. The number of sulfonamides is 1. The van der Waals surface area contributed by atoms with E-state index in [1.807, 2.05) is 0 Å². The molecule has 0 aliphatic heterocycles. The summed E-state index contributed by atoms with van der Waals surface area (Å²) in [6.45, 7) is 3.35. The summed E-state index contributed by atoms with van der Waals surface area (Å²) in [5, 5.41) is 13.0. The fourth-order valence-corrected chi connectivity index (χ4v) is 4.46. The number of carbonyl (C=O) groups is 1. The SMILES string of the molecule is Cc1nn(C)c(C)c1S(=O)(=O)N[C@H]1CC[C@@H](C(=O)O)C1. The van der Waals surface area contributed by atoms with Gasteiger partial charge in [0.15, 0.2) is 0 Å². The van der Waals surface area contributed by atoms with Gasteiger partial charge in [-0.1, -0.05) is 0 Å². The van der Waals surface area contributed by atoms with Crippen LogP contribution in [0.4, 0.5) is 0 Å². The number of aryl methyl sites for hydroxylation is 2. The number of carboxylic acid groups (broad SMARTS) is 1. The van der Waals surface area contributed by atoms with Crippen LogP contribution in [-0.4, -0.2) is 35.3 Å². The molecule has 0 spiro atoms. The van der Waals surface area contributed by atoms with E-state index in [9.17, 15) is 13.2 Å². The second-order valence-electron chi connectivity index (χ2n) is 5.29. The fraction of sp³-hybridized carbons (Fsp3) is 0.667. The normalized spacial score (nSPS) is 23.1. The lowest BCUT2D eigenvalue weighted by molar-refractivity contribution is -0.141. The Balaban J connectivity index is 2.19.